The molecular weight excluding hydrogens is 156 g/mol. The van der Waals surface area contributed by atoms with Crippen molar-refractivity contribution in [1.82, 2.24) is 0 Å². The van der Waals surface area contributed by atoms with Crippen molar-refractivity contribution < 1.29 is 4.21 Å². The van der Waals surface area contributed by atoms with Gasteiger partial charge in [-0.3, -0.25) is 4.21 Å². The van der Waals surface area contributed by atoms with Crippen LogP contribution in [0.15, 0.2) is 24.3 Å². The molecule has 0 saturated carbocycles. The van der Waals surface area contributed by atoms with Gasteiger partial charge >= 0.3 is 0 Å². The molecule has 0 aromatic carbocycles. The Morgan fingerprint density at radius 3 is 2.91 bits per heavy atom. The molecule has 62 valence electrons. The average molecular weight is 170 g/mol. The molecule has 0 bridgehead atoms. The first kappa shape index (κ1) is 8.72. The van der Waals surface area contributed by atoms with Crippen molar-refractivity contribution >= 4 is 10.8 Å². The molecule has 0 aromatic heterocycles. The van der Waals surface area contributed by atoms with E-state index in [0.29, 0.717) is 5.92 Å². The van der Waals surface area contributed by atoms with Crippen LogP contribution in [0, 0.1) is 5.92 Å². The Kier molecular flexibility index (Phi) is 3.57. The zero-order valence-corrected chi connectivity index (χ0v) is 7.64. The topological polar surface area (TPSA) is 17.1 Å². The maximum absolute atomic E-state index is 10.8. The van der Waals surface area contributed by atoms with Crippen molar-refractivity contribution in [3.63, 3.8) is 0 Å². The zero-order chi connectivity index (χ0) is 8.10. The van der Waals surface area contributed by atoms with E-state index in [1.807, 2.05) is 0 Å². The van der Waals surface area contributed by atoms with Crippen LogP contribution in [0.5, 0.6) is 0 Å². The summed E-state index contributed by atoms with van der Waals surface area (Å²) in [5.41, 5.74) is 0. The van der Waals surface area contributed by atoms with E-state index < -0.39 is 10.8 Å². The third-order valence-corrected chi connectivity index (χ3v) is 2.66. The highest BCUT2D eigenvalue weighted by molar-refractivity contribution is 7.84. The highest BCUT2D eigenvalue weighted by Gasteiger charge is 2.05. The first-order chi connectivity index (χ1) is 5.29. The lowest BCUT2D eigenvalue weighted by molar-refractivity contribution is 0.627. The third kappa shape index (κ3) is 3.51. The van der Waals surface area contributed by atoms with E-state index in [1.54, 1.807) is 6.26 Å². The molecule has 0 saturated heterocycles. The van der Waals surface area contributed by atoms with Crippen LogP contribution in [-0.4, -0.2) is 16.2 Å². The standard InChI is InChI=1S/C9H14OS/c1-11(10)8-7-9-5-3-2-4-6-9/h2-5,9H,6-8H2,1H3. The van der Waals surface area contributed by atoms with Crippen molar-refractivity contribution in [3.8, 4) is 0 Å². The Balaban J connectivity index is 2.22. The van der Waals surface area contributed by atoms with Crippen molar-refractivity contribution in [1.29, 1.82) is 0 Å². The zero-order valence-electron chi connectivity index (χ0n) is 6.82. The second-order valence-electron chi connectivity index (χ2n) is 2.87. The SMILES string of the molecule is CS(=O)CCC1C=CC=CC1. The largest absolute Gasteiger partial charge is 0.260 e. The van der Waals surface area contributed by atoms with Gasteiger partial charge in [-0.05, 0) is 18.8 Å². The molecule has 0 aromatic rings. The van der Waals surface area contributed by atoms with Crippen LogP contribution in [0.2, 0.25) is 0 Å². The molecule has 0 fully saturated rings. The molecule has 1 aliphatic carbocycles. The molecule has 2 unspecified atom stereocenters. The smallest absolute Gasteiger partial charge is 0.0237 e. The number of allylic oxidation sites excluding steroid dienone is 4. The number of rotatable bonds is 3. The monoisotopic (exact) mass is 170 g/mol. The normalized spacial score (nSPS) is 25.4. The summed E-state index contributed by atoms with van der Waals surface area (Å²) in [4.78, 5) is 0. The summed E-state index contributed by atoms with van der Waals surface area (Å²) in [6, 6.07) is 0. The molecule has 0 spiro atoms. The van der Waals surface area contributed by atoms with Gasteiger partial charge in [-0.2, -0.15) is 0 Å². The summed E-state index contributed by atoms with van der Waals surface area (Å²) in [7, 11) is -0.625. The van der Waals surface area contributed by atoms with Gasteiger partial charge in [-0.1, -0.05) is 24.3 Å². The maximum atomic E-state index is 10.8. The van der Waals surface area contributed by atoms with Crippen LogP contribution in [0.25, 0.3) is 0 Å². The molecular formula is C9H14OS. The second-order valence-corrected chi connectivity index (χ2v) is 4.43. The van der Waals surface area contributed by atoms with Gasteiger partial charge in [-0.15, -0.1) is 0 Å². The predicted molar refractivity (Wildman–Crippen MR) is 49.9 cm³/mol. The van der Waals surface area contributed by atoms with Gasteiger partial charge in [0.25, 0.3) is 0 Å². The number of hydrogen-bond donors (Lipinski definition) is 0. The maximum Gasteiger partial charge on any atom is 0.0237 e. The van der Waals surface area contributed by atoms with E-state index in [0.717, 1.165) is 18.6 Å². The van der Waals surface area contributed by atoms with Gasteiger partial charge < -0.3 is 0 Å². The summed E-state index contributed by atoms with van der Waals surface area (Å²) >= 11 is 0. The van der Waals surface area contributed by atoms with E-state index in [1.165, 1.54) is 0 Å². The van der Waals surface area contributed by atoms with Crippen LogP contribution in [0.1, 0.15) is 12.8 Å². The van der Waals surface area contributed by atoms with Crippen LogP contribution in [0.4, 0.5) is 0 Å². The van der Waals surface area contributed by atoms with Gasteiger partial charge in [0, 0.05) is 22.8 Å². The minimum absolute atomic E-state index is 0.625. The second kappa shape index (κ2) is 4.50. The summed E-state index contributed by atoms with van der Waals surface area (Å²) < 4.78 is 10.8. The lowest BCUT2D eigenvalue weighted by Gasteiger charge is -2.10. The molecule has 0 aliphatic heterocycles. The first-order valence-corrected chi connectivity index (χ1v) is 5.65. The predicted octanol–water partition coefficient (Wildman–Crippen LogP) is 1.89. The summed E-state index contributed by atoms with van der Waals surface area (Å²) in [6.45, 7) is 0. The lowest BCUT2D eigenvalue weighted by Crippen LogP contribution is -2.03. The fourth-order valence-corrected chi connectivity index (χ4v) is 1.80. The highest BCUT2D eigenvalue weighted by Crippen LogP contribution is 2.15. The van der Waals surface area contributed by atoms with Crippen molar-refractivity contribution in [3.05, 3.63) is 24.3 Å². The van der Waals surface area contributed by atoms with E-state index in [4.69, 9.17) is 0 Å². The Labute approximate surface area is 70.6 Å². The summed E-state index contributed by atoms with van der Waals surface area (Å²) in [5, 5.41) is 0. The van der Waals surface area contributed by atoms with Crippen LogP contribution in [0.3, 0.4) is 0 Å². The molecule has 0 N–H and O–H groups in total. The van der Waals surface area contributed by atoms with E-state index in [9.17, 15) is 4.21 Å². The Morgan fingerprint density at radius 2 is 2.36 bits per heavy atom. The molecule has 2 atom stereocenters. The Hall–Kier alpha value is -0.370. The van der Waals surface area contributed by atoms with Gasteiger partial charge in [0.05, 0.1) is 0 Å². The average Bonchev–Trinajstić information content (AvgIpc) is 2.03. The van der Waals surface area contributed by atoms with E-state index >= 15 is 0 Å². The summed E-state index contributed by atoms with van der Waals surface area (Å²) in [6.07, 6.45) is 12.5. The fraction of sp³-hybridized carbons (Fsp3) is 0.556. The van der Waals surface area contributed by atoms with Gasteiger partial charge in [0.2, 0.25) is 0 Å². The highest BCUT2D eigenvalue weighted by atomic mass is 32.2. The lowest BCUT2D eigenvalue weighted by atomic mass is 9.98. The summed E-state index contributed by atoms with van der Waals surface area (Å²) in [5.74, 6) is 1.46. The van der Waals surface area contributed by atoms with Crippen LogP contribution in [-0.2, 0) is 10.8 Å². The molecule has 1 nitrogen and oxygen atoms in total. The van der Waals surface area contributed by atoms with E-state index in [-0.39, 0.29) is 0 Å². The Bertz CT molecular complexity index is 194. The van der Waals surface area contributed by atoms with Crippen molar-refractivity contribution in [2.45, 2.75) is 12.8 Å². The van der Waals surface area contributed by atoms with Crippen molar-refractivity contribution in [2.75, 3.05) is 12.0 Å². The first-order valence-electron chi connectivity index (χ1n) is 3.92. The minimum atomic E-state index is -0.625. The van der Waals surface area contributed by atoms with Gasteiger partial charge in [0.1, 0.15) is 0 Å². The Morgan fingerprint density at radius 1 is 1.55 bits per heavy atom. The fourth-order valence-electron chi connectivity index (χ4n) is 1.16. The van der Waals surface area contributed by atoms with Crippen LogP contribution >= 0.6 is 0 Å². The molecule has 0 heterocycles. The molecule has 1 aliphatic rings. The van der Waals surface area contributed by atoms with Crippen molar-refractivity contribution in [2.24, 2.45) is 5.92 Å². The molecule has 0 radical (unpaired) electrons. The molecule has 11 heavy (non-hydrogen) atoms. The number of hydrogen-bond acceptors (Lipinski definition) is 1. The van der Waals surface area contributed by atoms with Gasteiger partial charge in [0.15, 0.2) is 0 Å². The molecule has 1 rings (SSSR count). The molecule has 2 heteroatoms. The van der Waals surface area contributed by atoms with Crippen LogP contribution < -0.4 is 0 Å². The van der Waals surface area contributed by atoms with E-state index in [2.05, 4.69) is 24.3 Å². The molecule has 0 amide bonds. The van der Waals surface area contributed by atoms with Gasteiger partial charge in [-0.25, -0.2) is 0 Å². The third-order valence-electron chi connectivity index (χ3n) is 1.85. The quantitative estimate of drug-likeness (QED) is 0.632. The minimum Gasteiger partial charge on any atom is -0.260 e.